The van der Waals surface area contributed by atoms with Gasteiger partial charge in [-0.2, -0.15) is 5.26 Å². The topological polar surface area (TPSA) is 53.2 Å². The van der Waals surface area contributed by atoms with Crippen molar-refractivity contribution in [2.75, 3.05) is 0 Å². The Kier molecular flexibility index (Phi) is 6.00. The van der Waals surface area contributed by atoms with Gasteiger partial charge in [0.05, 0.1) is 11.7 Å². The Labute approximate surface area is 198 Å². The maximum absolute atomic E-state index is 11.6. The molecule has 5 rings (SSSR count). The summed E-state index contributed by atoms with van der Waals surface area (Å²) in [5, 5.41) is 20.7. The lowest BCUT2D eigenvalue weighted by Crippen LogP contribution is -2.50. The SMILES string of the molecule is CCc1cc2c(cc1OCc1ccccc1)CC[C@@H]1[C@@H]2CC[C@@]2(C)[C@H]1CC[C@@]2(O)CCC#N. The summed E-state index contributed by atoms with van der Waals surface area (Å²) in [6, 6.07) is 17.5. The molecule has 174 valence electrons. The first-order chi connectivity index (χ1) is 16.0. The second-order valence-corrected chi connectivity index (χ2v) is 10.9. The number of nitriles is 1. The Balaban J connectivity index is 1.39. The molecular formula is C30H37NO2. The second-order valence-electron chi connectivity index (χ2n) is 10.9. The second kappa shape index (κ2) is 8.80. The summed E-state index contributed by atoms with van der Waals surface area (Å²) >= 11 is 0. The molecule has 3 heteroatoms. The molecule has 2 aromatic carbocycles. The maximum atomic E-state index is 11.6. The van der Waals surface area contributed by atoms with E-state index in [0.29, 0.717) is 37.2 Å². The lowest BCUT2D eigenvalue weighted by molar-refractivity contribution is -0.106. The number of fused-ring (bicyclic) bond motifs is 5. The van der Waals surface area contributed by atoms with Crippen LogP contribution in [0.1, 0.15) is 87.0 Å². The monoisotopic (exact) mass is 443 g/mol. The van der Waals surface area contributed by atoms with Crippen molar-refractivity contribution in [2.24, 2.45) is 17.3 Å². The van der Waals surface area contributed by atoms with E-state index >= 15 is 0 Å². The highest BCUT2D eigenvalue weighted by molar-refractivity contribution is 5.46. The molecule has 0 unspecified atom stereocenters. The first kappa shape index (κ1) is 22.5. The fourth-order valence-corrected chi connectivity index (χ4v) is 7.58. The molecule has 3 aliphatic rings. The number of ether oxygens (including phenoxy) is 1. The minimum absolute atomic E-state index is 0.0468. The van der Waals surface area contributed by atoms with Crippen molar-refractivity contribution in [3.05, 3.63) is 64.7 Å². The molecule has 2 aromatic rings. The van der Waals surface area contributed by atoms with Crippen molar-refractivity contribution in [3.8, 4) is 11.8 Å². The fraction of sp³-hybridized carbons (Fsp3) is 0.567. The highest BCUT2D eigenvalue weighted by Crippen LogP contribution is 2.65. The van der Waals surface area contributed by atoms with Crippen LogP contribution in [0.4, 0.5) is 0 Å². The van der Waals surface area contributed by atoms with Crippen LogP contribution in [0.25, 0.3) is 0 Å². The van der Waals surface area contributed by atoms with Crippen molar-refractivity contribution in [1.29, 1.82) is 5.26 Å². The molecule has 0 aliphatic heterocycles. The van der Waals surface area contributed by atoms with Crippen LogP contribution in [0.2, 0.25) is 0 Å². The zero-order chi connectivity index (χ0) is 23.1. The van der Waals surface area contributed by atoms with Gasteiger partial charge in [0.15, 0.2) is 0 Å². The Hall–Kier alpha value is -2.31. The maximum Gasteiger partial charge on any atom is 0.123 e. The van der Waals surface area contributed by atoms with Crippen molar-refractivity contribution in [1.82, 2.24) is 0 Å². The van der Waals surface area contributed by atoms with Crippen molar-refractivity contribution >= 4 is 0 Å². The van der Waals surface area contributed by atoms with E-state index in [2.05, 4.69) is 56.3 Å². The van der Waals surface area contributed by atoms with Crippen LogP contribution in [-0.2, 0) is 19.4 Å². The quantitative estimate of drug-likeness (QED) is 0.539. The third kappa shape index (κ3) is 3.77. The van der Waals surface area contributed by atoms with Crippen molar-refractivity contribution < 1.29 is 9.84 Å². The van der Waals surface area contributed by atoms with Crippen LogP contribution in [0.15, 0.2) is 42.5 Å². The van der Waals surface area contributed by atoms with Gasteiger partial charge in [0.25, 0.3) is 0 Å². The smallest absolute Gasteiger partial charge is 0.123 e. The number of aliphatic hydroxyl groups is 1. The number of rotatable bonds is 6. The van der Waals surface area contributed by atoms with Gasteiger partial charge in [0.2, 0.25) is 0 Å². The van der Waals surface area contributed by atoms with E-state index in [1.165, 1.54) is 23.1 Å². The van der Waals surface area contributed by atoms with E-state index < -0.39 is 5.60 Å². The highest BCUT2D eigenvalue weighted by atomic mass is 16.5. The van der Waals surface area contributed by atoms with Gasteiger partial charge in [-0.1, -0.05) is 50.2 Å². The summed E-state index contributed by atoms with van der Waals surface area (Å²) < 4.78 is 6.31. The summed E-state index contributed by atoms with van der Waals surface area (Å²) in [5.41, 5.74) is 4.82. The van der Waals surface area contributed by atoms with Gasteiger partial charge in [-0.05, 0) is 103 Å². The first-order valence-corrected chi connectivity index (χ1v) is 12.9. The normalized spacial score (nSPS) is 32.4. The molecule has 0 saturated heterocycles. The summed E-state index contributed by atoms with van der Waals surface area (Å²) in [7, 11) is 0. The van der Waals surface area contributed by atoms with Crippen LogP contribution in [0.3, 0.4) is 0 Å². The first-order valence-electron chi connectivity index (χ1n) is 12.9. The molecule has 0 radical (unpaired) electrons. The Morgan fingerprint density at radius 2 is 1.94 bits per heavy atom. The summed E-state index contributed by atoms with van der Waals surface area (Å²) in [4.78, 5) is 0. The van der Waals surface area contributed by atoms with Crippen LogP contribution in [-0.4, -0.2) is 10.7 Å². The molecule has 0 heterocycles. The number of benzene rings is 2. The van der Waals surface area contributed by atoms with Gasteiger partial charge < -0.3 is 9.84 Å². The molecule has 33 heavy (non-hydrogen) atoms. The van der Waals surface area contributed by atoms with E-state index in [1.54, 1.807) is 5.56 Å². The predicted molar refractivity (Wildman–Crippen MR) is 131 cm³/mol. The Bertz CT molecular complexity index is 1040. The average Bonchev–Trinajstić information content (AvgIpc) is 3.12. The van der Waals surface area contributed by atoms with Gasteiger partial charge in [-0.25, -0.2) is 0 Å². The van der Waals surface area contributed by atoms with E-state index in [9.17, 15) is 5.11 Å². The molecule has 3 aliphatic carbocycles. The van der Waals surface area contributed by atoms with E-state index in [-0.39, 0.29) is 5.41 Å². The van der Waals surface area contributed by atoms with Gasteiger partial charge in [-0.3, -0.25) is 0 Å². The minimum Gasteiger partial charge on any atom is -0.489 e. The zero-order valence-electron chi connectivity index (χ0n) is 20.1. The Morgan fingerprint density at radius 1 is 1.12 bits per heavy atom. The van der Waals surface area contributed by atoms with Crippen LogP contribution in [0, 0.1) is 28.6 Å². The highest BCUT2D eigenvalue weighted by Gasteiger charge is 2.61. The summed E-state index contributed by atoms with van der Waals surface area (Å²) in [6.45, 7) is 5.16. The molecule has 0 bridgehead atoms. The van der Waals surface area contributed by atoms with Crippen LogP contribution >= 0.6 is 0 Å². The standard InChI is InChI=1S/C30H37NO2/c1-3-22-18-26-23(19-28(22)33-20-21-8-5-4-6-9-21)10-11-25-24(26)12-15-29(2)27(25)13-16-30(29,32)14-7-17-31/h4-6,8-9,18-19,24-25,27,32H,3,7,10-16,20H2,1-2H3/t24-,25+,27-,29-,30-/m0/s1. The summed E-state index contributed by atoms with van der Waals surface area (Å²) in [6.07, 6.45) is 8.55. The summed E-state index contributed by atoms with van der Waals surface area (Å²) in [5.74, 6) is 2.85. The fourth-order valence-electron chi connectivity index (χ4n) is 7.58. The lowest BCUT2D eigenvalue weighted by Gasteiger charge is -2.53. The lowest BCUT2D eigenvalue weighted by atomic mass is 9.53. The van der Waals surface area contributed by atoms with E-state index in [1.807, 2.05) is 6.07 Å². The number of nitrogens with zero attached hydrogens (tertiary/aromatic N) is 1. The number of hydrogen-bond acceptors (Lipinski definition) is 3. The molecular weight excluding hydrogens is 406 g/mol. The number of hydrogen-bond donors (Lipinski definition) is 1. The average molecular weight is 444 g/mol. The molecule has 5 atom stereocenters. The predicted octanol–water partition coefficient (Wildman–Crippen LogP) is 6.72. The molecule has 1 N–H and O–H groups in total. The molecule has 0 aromatic heterocycles. The molecule has 0 spiro atoms. The third-order valence-corrected chi connectivity index (χ3v) is 9.50. The van der Waals surface area contributed by atoms with Gasteiger partial charge in [0.1, 0.15) is 12.4 Å². The molecule has 3 nitrogen and oxygen atoms in total. The van der Waals surface area contributed by atoms with Gasteiger partial charge in [-0.15, -0.1) is 0 Å². The molecule has 0 amide bonds. The molecule has 2 fully saturated rings. The molecule has 2 saturated carbocycles. The largest absolute Gasteiger partial charge is 0.489 e. The van der Waals surface area contributed by atoms with Gasteiger partial charge in [0, 0.05) is 6.42 Å². The van der Waals surface area contributed by atoms with E-state index in [0.717, 1.165) is 44.3 Å². The Morgan fingerprint density at radius 3 is 2.70 bits per heavy atom. The van der Waals surface area contributed by atoms with Crippen LogP contribution in [0.5, 0.6) is 5.75 Å². The van der Waals surface area contributed by atoms with Gasteiger partial charge >= 0.3 is 0 Å². The van der Waals surface area contributed by atoms with Crippen molar-refractivity contribution in [3.63, 3.8) is 0 Å². The van der Waals surface area contributed by atoms with E-state index in [4.69, 9.17) is 10.00 Å². The third-order valence-electron chi connectivity index (χ3n) is 9.50. The number of aryl methyl sites for hydroxylation is 2. The van der Waals surface area contributed by atoms with Crippen LogP contribution < -0.4 is 4.74 Å². The minimum atomic E-state index is -0.664. The zero-order valence-corrected chi connectivity index (χ0v) is 20.1. The van der Waals surface area contributed by atoms with Crippen molar-refractivity contribution in [2.45, 2.75) is 89.8 Å².